The summed E-state index contributed by atoms with van der Waals surface area (Å²) in [5.41, 5.74) is 4.33. The zero-order valence-corrected chi connectivity index (χ0v) is 24.2. The van der Waals surface area contributed by atoms with Gasteiger partial charge in [-0.25, -0.2) is 10.9 Å². The molecule has 2 rings (SSSR count). The molecule has 2 amide bonds. The summed E-state index contributed by atoms with van der Waals surface area (Å²) in [5.74, 6) is -1.13. The molecular weight excluding hydrogens is 660 g/mol. The average Bonchev–Trinajstić information content (AvgIpc) is 2.89. The van der Waals surface area contributed by atoms with Crippen molar-refractivity contribution in [2.75, 3.05) is 0 Å². The molecule has 0 atom stereocenters. The minimum Gasteiger partial charge on any atom is -0.506 e. The molecule has 0 heterocycles. The Hall–Kier alpha value is -3.92. The number of unbranched alkanes of at least 4 members (excludes halogenated alkanes) is 5. The number of amides is 2. The number of nitrogens with one attached hydrogen (secondary N) is 2. The summed E-state index contributed by atoms with van der Waals surface area (Å²) in [5, 5.41) is 49.2. The summed E-state index contributed by atoms with van der Waals surface area (Å²) < 4.78 is 0.271. The van der Waals surface area contributed by atoms with Gasteiger partial charge in [-0.05, 0) is 44.7 Å². The van der Waals surface area contributed by atoms with Crippen molar-refractivity contribution in [1.82, 2.24) is 10.9 Å². The second kappa shape index (κ2) is 16.2. The van der Waals surface area contributed by atoms with E-state index in [1.54, 1.807) is 0 Å². The van der Waals surface area contributed by atoms with Crippen LogP contribution in [0, 0.1) is 20.2 Å². The van der Waals surface area contributed by atoms with E-state index in [-0.39, 0.29) is 67.6 Å². The second-order valence-electron chi connectivity index (χ2n) is 8.45. The van der Waals surface area contributed by atoms with Crippen molar-refractivity contribution >= 4 is 67.5 Å². The topological polar surface area (TPSA) is 210 Å². The number of phenolic OH excluding ortho intramolecular Hbond substituents is 2. The Kier molecular flexibility index (Phi) is 13.1. The van der Waals surface area contributed by atoms with Crippen LogP contribution in [0.25, 0.3) is 0 Å². The van der Waals surface area contributed by atoms with Crippen LogP contribution in [0.4, 0.5) is 11.4 Å². The van der Waals surface area contributed by atoms with Gasteiger partial charge in [0.2, 0.25) is 11.8 Å². The highest BCUT2D eigenvalue weighted by atomic mass is 79.9. The first kappa shape index (κ1) is 32.3. The van der Waals surface area contributed by atoms with Gasteiger partial charge in [0.1, 0.15) is 11.5 Å². The lowest BCUT2D eigenvalue weighted by molar-refractivity contribution is -0.385. The minimum atomic E-state index is -0.610. The molecule has 14 nitrogen and oxygen atoms in total. The number of hydrazone groups is 2. The number of non-ortho nitro benzene ring substituents is 2. The highest BCUT2D eigenvalue weighted by Crippen LogP contribution is 2.32. The lowest BCUT2D eigenvalue weighted by Gasteiger charge is -2.04. The third kappa shape index (κ3) is 10.7. The van der Waals surface area contributed by atoms with Crippen LogP contribution < -0.4 is 10.9 Å². The van der Waals surface area contributed by atoms with Crippen molar-refractivity contribution in [2.24, 2.45) is 10.2 Å². The molecular formula is C24H26Br2N6O8. The van der Waals surface area contributed by atoms with Crippen LogP contribution in [-0.4, -0.2) is 44.3 Å². The molecule has 214 valence electrons. The Morgan fingerprint density at radius 3 is 1.43 bits per heavy atom. The first-order valence-corrected chi connectivity index (χ1v) is 13.6. The summed E-state index contributed by atoms with van der Waals surface area (Å²) in [6.07, 6.45) is 7.32. The quantitative estimate of drug-likeness (QED) is 0.0849. The number of nitrogens with zero attached hydrogens (tertiary/aromatic N) is 4. The van der Waals surface area contributed by atoms with Crippen LogP contribution in [0.3, 0.4) is 0 Å². The Morgan fingerprint density at radius 2 is 1.07 bits per heavy atom. The molecule has 0 spiro atoms. The SMILES string of the molecule is O=C(CCCCCCCCC(=O)N/N=C/c1cc([N+](=O)[O-])cc(Br)c1O)N/N=C/c1cc([N+](=O)[O-])cc(Br)c1O. The average molecular weight is 686 g/mol. The van der Waals surface area contributed by atoms with Gasteiger partial charge in [0.05, 0.1) is 31.2 Å². The molecule has 0 saturated heterocycles. The van der Waals surface area contributed by atoms with Crippen molar-refractivity contribution in [1.29, 1.82) is 0 Å². The van der Waals surface area contributed by atoms with Crippen LogP contribution in [0.5, 0.6) is 11.5 Å². The number of nitro groups is 2. The predicted molar refractivity (Wildman–Crippen MR) is 153 cm³/mol. The second-order valence-corrected chi connectivity index (χ2v) is 10.2. The highest BCUT2D eigenvalue weighted by molar-refractivity contribution is 9.11. The summed E-state index contributed by atoms with van der Waals surface area (Å²) in [6.45, 7) is 0. The fourth-order valence-corrected chi connectivity index (χ4v) is 4.28. The molecule has 0 unspecified atom stereocenters. The van der Waals surface area contributed by atoms with Gasteiger partial charge < -0.3 is 10.2 Å². The number of rotatable bonds is 15. The van der Waals surface area contributed by atoms with Crippen molar-refractivity contribution < 1.29 is 29.6 Å². The zero-order valence-electron chi connectivity index (χ0n) is 21.0. The van der Waals surface area contributed by atoms with Crippen LogP contribution in [0.2, 0.25) is 0 Å². The Balaban J connectivity index is 1.59. The van der Waals surface area contributed by atoms with Gasteiger partial charge in [0.15, 0.2) is 0 Å². The molecule has 2 aromatic rings. The monoisotopic (exact) mass is 684 g/mol. The van der Waals surface area contributed by atoms with Gasteiger partial charge >= 0.3 is 0 Å². The third-order valence-electron chi connectivity index (χ3n) is 5.42. The maximum atomic E-state index is 11.9. The summed E-state index contributed by atoms with van der Waals surface area (Å²) in [6, 6.07) is 4.59. The molecule has 0 aromatic heterocycles. The van der Waals surface area contributed by atoms with Crippen molar-refractivity contribution in [3.8, 4) is 11.5 Å². The Bertz CT molecular complexity index is 1220. The lowest BCUT2D eigenvalue weighted by Crippen LogP contribution is -2.17. The molecule has 40 heavy (non-hydrogen) atoms. The van der Waals surface area contributed by atoms with Gasteiger partial charge in [-0.1, -0.05) is 25.7 Å². The zero-order chi connectivity index (χ0) is 29.7. The molecule has 4 N–H and O–H groups in total. The molecule has 0 bridgehead atoms. The number of nitro benzene ring substituents is 2. The number of carbonyl (C=O) groups excluding carboxylic acids is 2. The molecule has 0 aliphatic rings. The predicted octanol–water partition coefficient (Wildman–Crippen LogP) is 5.16. The van der Waals surface area contributed by atoms with E-state index >= 15 is 0 Å². The normalized spacial score (nSPS) is 11.2. The number of aromatic hydroxyl groups is 2. The molecule has 16 heteroatoms. The van der Waals surface area contributed by atoms with E-state index in [1.165, 1.54) is 0 Å². The van der Waals surface area contributed by atoms with E-state index in [0.29, 0.717) is 12.8 Å². The fourth-order valence-electron chi connectivity index (χ4n) is 3.36. The van der Waals surface area contributed by atoms with Gasteiger partial charge in [0.25, 0.3) is 11.4 Å². The van der Waals surface area contributed by atoms with Crippen LogP contribution >= 0.6 is 31.9 Å². The van der Waals surface area contributed by atoms with E-state index in [0.717, 1.165) is 62.4 Å². The van der Waals surface area contributed by atoms with Crippen molar-refractivity contribution in [2.45, 2.75) is 51.4 Å². The molecule has 0 radical (unpaired) electrons. The van der Waals surface area contributed by atoms with Crippen molar-refractivity contribution in [3.05, 3.63) is 64.6 Å². The van der Waals surface area contributed by atoms with Gasteiger partial charge in [-0.2, -0.15) is 10.2 Å². The van der Waals surface area contributed by atoms with E-state index in [2.05, 4.69) is 52.9 Å². The first-order valence-electron chi connectivity index (χ1n) is 12.0. The minimum absolute atomic E-state index is 0.0804. The van der Waals surface area contributed by atoms with E-state index in [4.69, 9.17) is 0 Å². The maximum absolute atomic E-state index is 11.9. The number of phenols is 2. The summed E-state index contributed by atoms with van der Waals surface area (Å²) >= 11 is 6.06. The molecule has 0 saturated carbocycles. The highest BCUT2D eigenvalue weighted by Gasteiger charge is 2.15. The summed E-state index contributed by atoms with van der Waals surface area (Å²) in [4.78, 5) is 44.5. The smallest absolute Gasteiger partial charge is 0.271 e. The molecule has 0 fully saturated rings. The third-order valence-corrected chi connectivity index (χ3v) is 6.63. The fraction of sp³-hybridized carbons (Fsp3) is 0.333. The number of hydrogen-bond donors (Lipinski definition) is 4. The Labute approximate surface area is 245 Å². The van der Waals surface area contributed by atoms with Gasteiger partial charge in [-0.15, -0.1) is 0 Å². The Morgan fingerprint density at radius 1 is 0.725 bits per heavy atom. The largest absolute Gasteiger partial charge is 0.506 e. The molecule has 2 aromatic carbocycles. The van der Waals surface area contributed by atoms with E-state index < -0.39 is 9.85 Å². The standard InChI is InChI=1S/C24H26Br2N6O8/c25-19-11-17(31(37)38)9-15(23(19)35)13-27-29-21(33)7-5-3-1-2-4-6-8-22(34)30-28-14-16-10-18(32(39)40)12-20(26)24(16)36/h9-14,35-36H,1-8H2,(H,29,33)(H,30,34)/b27-13+,28-14+. The number of hydrogen-bond acceptors (Lipinski definition) is 10. The molecule has 0 aliphatic carbocycles. The van der Waals surface area contributed by atoms with Gasteiger partial charge in [-0.3, -0.25) is 29.8 Å². The van der Waals surface area contributed by atoms with E-state index in [1.807, 2.05) is 0 Å². The van der Waals surface area contributed by atoms with Crippen LogP contribution in [0.15, 0.2) is 43.4 Å². The molecule has 0 aliphatic heterocycles. The number of carbonyl (C=O) groups is 2. The maximum Gasteiger partial charge on any atom is 0.271 e. The first-order chi connectivity index (χ1) is 19.0. The van der Waals surface area contributed by atoms with Gasteiger partial charge in [0, 0.05) is 48.2 Å². The van der Waals surface area contributed by atoms with Crippen molar-refractivity contribution in [3.63, 3.8) is 0 Å². The van der Waals surface area contributed by atoms with E-state index in [9.17, 15) is 40.0 Å². The van der Waals surface area contributed by atoms with Crippen LogP contribution in [0.1, 0.15) is 62.5 Å². The van der Waals surface area contributed by atoms with Crippen LogP contribution in [-0.2, 0) is 9.59 Å². The number of halogens is 2. The number of benzene rings is 2. The summed E-state index contributed by atoms with van der Waals surface area (Å²) in [7, 11) is 0. The lowest BCUT2D eigenvalue weighted by atomic mass is 10.1.